The summed E-state index contributed by atoms with van der Waals surface area (Å²) >= 11 is 4.69. The normalized spacial score (nSPS) is 16.7. The average Bonchev–Trinajstić information content (AvgIpc) is 3.24. The minimum absolute atomic E-state index is 0.0605. The zero-order chi connectivity index (χ0) is 16.6. The van der Waals surface area contributed by atoms with Crippen LogP contribution in [0.15, 0.2) is 27.9 Å². The molecule has 0 amide bonds. The molecule has 1 aliphatic rings. The van der Waals surface area contributed by atoms with E-state index in [1.54, 1.807) is 25.1 Å². The van der Waals surface area contributed by atoms with Gasteiger partial charge in [-0.3, -0.25) is 9.36 Å². The third kappa shape index (κ3) is 3.38. The first-order valence-corrected chi connectivity index (χ1v) is 8.76. The summed E-state index contributed by atoms with van der Waals surface area (Å²) in [6, 6.07) is 4.99. The van der Waals surface area contributed by atoms with E-state index in [0.717, 1.165) is 12.8 Å². The molecule has 0 spiro atoms. The van der Waals surface area contributed by atoms with Crippen LogP contribution in [0.25, 0.3) is 10.9 Å². The van der Waals surface area contributed by atoms with Gasteiger partial charge in [0, 0.05) is 6.07 Å². The largest absolute Gasteiger partial charge is 0.593 e. The number of fused-ring (bicyclic) bond motifs is 1. The first kappa shape index (κ1) is 16.3. The van der Waals surface area contributed by atoms with E-state index in [1.807, 2.05) is 6.92 Å². The van der Waals surface area contributed by atoms with Crippen LogP contribution in [0.3, 0.4) is 0 Å². The van der Waals surface area contributed by atoms with Crippen LogP contribution in [-0.2, 0) is 17.9 Å². The molecular formula is C16H16ClN3O2S. The van der Waals surface area contributed by atoms with Crippen molar-refractivity contribution in [2.24, 2.45) is 0 Å². The van der Waals surface area contributed by atoms with Gasteiger partial charge >= 0.3 is 0 Å². The van der Waals surface area contributed by atoms with Crippen molar-refractivity contribution in [2.45, 2.75) is 43.7 Å². The lowest BCUT2D eigenvalue weighted by molar-refractivity contribution is 0.557. The molecule has 7 heteroatoms. The molecular weight excluding hydrogens is 334 g/mol. The Balaban J connectivity index is 2.03. The Bertz CT molecular complexity index is 880. The lowest BCUT2D eigenvalue weighted by Crippen LogP contribution is -2.34. The minimum Gasteiger partial charge on any atom is -0.593 e. The summed E-state index contributed by atoms with van der Waals surface area (Å²) in [5.41, 5.74) is 0.146. The van der Waals surface area contributed by atoms with Crippen molar-refractivity contribution in [1.29, 1.82) is 0 Å². The first-order valence-electron chi connectivity index (χ1n) is 7.23. The predicted molar refractivity (Wildman–Crippen MR) is 91.6 cm³/mol. The van der Waals surface area contributed by atoms with Crippen molar-refractivity contribution >= 4 is 33.9 Å². The molecule has 23 heavy (non-hydrogen) atoms. The maximum absolute atomic E-state index is 12.6. The fourth-order valence-electron chi connectivity index (χ4n) is 2.16. The summed E-state index contributed by atoms with van der Waals surface area (Å²) in [5, 5.41) is 0.489. The number of rotatable bonds is 4. The fraction of sp³-hybridized carbons (Fsp3) is 0.375. The van der Waals surface area contributed by atoms with Gasteiger partial charge in [0.2, 0.25) is 5.28 Å². The van der Waals surface area contributed by atoms with Crippen LogP contribution in [0.4, 0.5) is 0 Å². The van der Waals surface area contributed by atoms with E-state index in [2.05, 4.69) is 21.5 Å². The molecule has 2 aromatic rings. The summed E-state index contributed by atoms with van der Waals surface area (Å²) in [6.07, 6.45) is 2.01. The second-order valence-electron chi connectivity index (χ2n) is 5.81. The van der Waals surface area contributed by atoms with Crippen LogP contribution >= 0.6 is 11.6 Å². The zero-order valence-electron chi connectivity index (χ0n) is 12.9. The number of aromatic nitrogens is 2. The summed E-state index contributed by atoms with van der Waals surface area (Å²) < 4.78 is 16.8. The van der Waals surface area contributed by atoms with Gasteiger partial charge in [0.15, 0.2) is 4.90 Å². The van der Waals surface area contributed by atoms with E-state index in [-0.39, 0.29) is 22.9 Å². The van der Waals surface area contributed by atoms with Gasteiger partial charge in [-0.15, -0.1) is 10.6 Å². The van der Waals surface area contributed by atoms with Crippen molar-refractivity contribution in [3.8, 4) is 11.8 Å². The van der Waals surface area contributed by atoms with Crippen LogP contribution < -0.4 is 10.3 Å². The van der Waals surface area contributed by atoms with Crippen molar-refractivity contribution < 1.29 is 4.55 Å². The summed E-state index contributed by atoms with van der Waals surface area (Å²) in [5.74, 6) is 5.53. The second kappa shape index (κ2) is 6.17. The highest BCUT2D eigenvalue weighted by Gasteiger charge is 2.42. The topological polar surface area (TPSA) is 70.0 Å². The molecule has 0 saturated heterocycles. The van der Waals surface area contributed by atoms with E-state index in [9.17, 15) is 9.35 Å². The molecule has 1 heterocycles. The molecule has 1 saturated carbocycles. The van der Waals surface area contributed by atoms with Crippen LogP contribution in [0, 0.1) is 11.8 Å². The summed E-state index contributed by atoms with van der Waals surface area (Å²) in [7, 11) is 0. The molecule has 1 atom stereocenters. The molecule has 0 aliphatic heterocycles. The monoisotopic (exact) mass is 349 g/mol. The molecule has 1 aliphatic carbocycles. The third-order valence-corrected chi connectivity index (χ3v) is 5.49. The molecule has 1 aromatic carbocycles. The van der Waals surface area contributed by atoms with Crippen molar-refractivity contribution in [3.05, 3.63) is 33.8 Å². The fourth-order valence-corrected chi connectivity index (χ4v) is 3.57. The number of halogens is 1. The van der Waals surface area contributed by atoms with Crippen molar-refractivity contribution in [1.82, 2.24) is 14.3 Å². The molecule has 0 bridgehead atoms. The Hall–Kier alpha value is -1.52. The number of benzene rings is 1. The molecule has 0 radical (unpaired) electrons. The highest BCUT2D eigenvalue weighted by Crippen LogP contribution is 2.36. The highest BCUT2D eigenvalue weighted by molar-refractivity contribution is 7.89. The average molecular weight is 350 g/mol. The van der Waals surface area contributed by atoms with Crippen molar-refractivity contribution in [3.63, 3.8) is 0 Å². The van der Waals surface area contributed by atoms with Gasteiger partial charge in [-0.1, -0.05) is 5.92 Å². The summed E-state index contributed by atoms with van der Waals surface area (Å²) in [6.45, 7) is 3.91. The molecule has 120 valence electrons. The first-order chi connectivity index (χ1) is 10.9. The van der Waals surface area contributed by atoms with Crippen LogP contribution in [0.1, 0.15) is 26.7 Å². The Kier molecular flexibility index (Phi) is 4.39. The maximum atomic E-state index is 12.6. The van der Waals surface area contributed by atoms with Gasteiger partial charge in [-0.2, -0.15) is 0 Å². The van der Waals surface area contributed by atoms with Gasteiger partial charge in [0.05, 0.1) is 34.3 Å². The van der Waals surface area contributed by atoms with Gasteiger partial charge in [0.25, 0.3) is 5.56 Å². The SMILES string of the molecule is CC#CCn1c(Cl)nc2ccc([S+]([O-])NC3(C)CC3)cc2c1=O. The number of hydrogen-bond donors (Lipinski definition) is 1. The molecule has 5 nitrogen and oxygen atoms in total. The zero-order valence-corrected chi connectivity index (χ0v) is 14.4. The third-order valence-electron chi connectivity index (χ3n) is 3.85. The molecule has 1 unspecified atom stereocenters. The molecule has 1 N–H and O–H groups in total. The summed E-state index contributed by atoms with van der Waals surface area (Å²) in [4.78, 5) is 17.4. The molecule has 1 aromatic heterocycles. The number of hydrogen-bond acceptors (Lipinski definition) is 4. The Labute approximate surface area is 142 Å². The van der Waals surface area contributed by atoms with E-state index >= 15 is 0 Å². The van der Waals surface area contributed by atoms with E-state index in [4.69, 9.17) is 11.6 Å². The standard InChI is InChI=1S/C16H16ClN3O2S/c1-3-4-9-20-14(21)12-10-11(5-6-13(12)18-15(20)17)23(22)19-16(2)7-8-16/h5-6,10,19H,7-9H2,1-2H3. The maximum Gasteiger partial charge on any atom is 0.263 e. The van der Waals surface area contributed by atoms with Gasteiger partial charge < -0.3 is 4.55 Å². The van der Waals surface area contributed by atoms with Crippen molar-refractivity contribution in [2.75, 3.05) is 0 Å². The number of nitrogens with zero attached hydrogens (tertiary/aromatic N) is 2. The quantitative estimate of drug-likeness (QED) is 0.522. The predicted octanol–water partition coefficient (Wildman–Crippen LogP) is 2.24. The lowest BCUT2D eigenvalue weighted by Gasteiger charge is -2.15. The second-order valence-corrected chi connectivity index (χ2v) is 7.36. The van der Waals surface area contributed by atoms with Crippen LogP contribution in [0.2, 0.25) is 5.28 Å². The van der Waals surface area contributed by atoms with E-state index in [1.165, 1.54) is 4.57 Å². The van der Waals surface area contributed by atoms with E-state index < -0.39 is 11.4 Å². The Morgan fingerprint density at radius 1 is 1.52 bits per heavy atom. The smallest absolute Gasteiger partial charge is 0.263 e. The van der Waals surface area contributed by atoms with Gasteiger partial charge in [-0.05, 0) is 50.4 Å². The molecule has 1 fully saturated rings. The van der Waals surface area contributed by atoms with Crippen LogP contribution in [-0.4, -0.2) is 19.6 Å². The Morgan fingerprint density at radius 3 is 2.91 bits per heavy atom. The highest BCUT2D eigenvalue weighted by atomic mass is 35.5. The molecule has 3 rings (SSSR count). The number of nitrogens with one attached hydrogen (secondary N) is 1. The van der Waals surface area contributed by atoms with Crippen LogP contribution in [0.5, 0.6) is 0 Å². The minimum atomic E-state index is -1.36. The van der Waals surface area contributed by atoms with Gasteiger partial charge in [0.1, 0.15) is 0 Å². The van der Waals surface area contributed by atoms with E-state index in [0.29, 0.717) is 15.8 Å². The lowest BCUT2D eigenvalue weighted by atomic mass is 10.2. The Morgan fingerprint density at radius 2 is 2.26 bits per heavy atom. The van der Waals surface area contributed by atoms with Gasteiger partial charge in [-0.25, -0.2) is 4.98 Å².